The van der Waals surface area contributed by atoms with Crippen LogP contribution in [0.5, 0.6) is 0 Å². The van der Waals surface area contributed by atoms with Gasteiger partial charge in [-0.05, 0) is 0 Å². The average Bonchev–Trinajstić information content (AvgIpc) is 2.09. The summed E-state index contributed by atoms with van der Waals surface area (Å²) in [6.45, 7) is 2.30. The number of ether oxygens (including phenoxy) is 3. The van der Waals surface area contributed by atoms with Crippen LogP contribution >= 0.6 is 0 Å². The molecule has 11 heavy (non-hydrogen) atoms. The van der Waals surface area contributed by atoms with Crippen molar-refractivity contribution in [1.29, 1.82) is 0 Å². The third kappa shape index (κ3) is 2.41. The predicted octanol–water partition coefficient (Wildman–Crippen LogP) is -0.406. The first-order valence-corrected chi connectivity index (χ1v) is 3.75. The molecule has 66 valence electrons. The Balaban J connectivity index is 2.30. The van der Waals surface area contributed by atoms with Gasteiger partial charge in [0.15, 0.2) is 6.29 Å². The molecule has 1 heterocycles. The Morgan fingerprint density at radius 1 is 1.45 bits per heavy atom. The number of rotatable bonds is 3. The Hall–Kier alpha value is -0.160. The van der Waals surface area contributed by atoms with E-state index in [0.717, 1.165) is 13.2 Å². The molecule has 0 aromatic heterocycles. The van der Waals surface area contributed by atoms with Gasteiger partial charge in [0.1, 0.15) is 0 Å². The topological polar surface area (TPSA) is 39.7 Å². The molecule has 1 aliphatic heterocycles. The van der Waals surface area contributed by atoms with Crippen molar-refractivity contribution in [1.82, 2.24) is 5.32 Å². The molecule has 0 aromatic rings. The Bertz CT molecular complexity index is 99.9. The Labute approximate surface area is 66.8 Å². The fourth-order valence-electron chi connectivity index (χ4n) is 1.19. The first-order valence-electron chi connectivity index (χ1n) is 3.75. The van der Waals surface area contributed by atoms with Crippen LogP contribution in [0.15, 0.2) is 0 Å². The molecule has 1 rings (SSSR count). The lowest BCUT2D eigenvalue weighted by molar-refractivity contribution is -0.142. The molecule has 1 N–H and O–H groups in total. The summed E-state index contributed by atoms with van der Waals surface area (Å²) >= 11 is 0. The quantitative estimate of drug-likeness (QED) is 0.571. The van der Waals surface area contributed by atoms with E-state index in [2.05, 4.69) is 5.32 Å². The molecule has 0 bridgehead atoms. The molecular formula is C7H15NO3. The molecule has 0 spiro atoms. The van der Waals surface area contributed by atoms with Gasteiger partial charge in [0.2, 0.25) is 0 Å². The molecule has 1 saturated heterocycles. The molecule has 1 aliphatic rings. The van der Waals surface area contributed by atoms with Crippen molar-refractivity contribution < 1.29 is 14.2 Å². The summed E-state index contributed by atoms with van der Waals surface area (Å²) in [5, 5.41) is 3.25. The first-order chi connectivity index (χ1) is 5.38. The highest BCUT2D eigenvalue weighted by Gasteiger charge is 2.22. The highest BCUT2D eigenvalue weighted by atomic mass is 16.7. The van der Waals surface area contributed by atoms with Gasteiger partial charge in [0.25, 0.3) is 0 Å². The minimum atomic E-state index is -0.199. The third-order valence-corrected chi connectivity index (χ3v) is 1.74. The van der Waals surface area contributed by atoms with Gasteiger partial charge in [0, 0.05) is 20.8 Å². The van der Waals surface area contributed by atoms with E-state index in [1.807, 2.05) is 0 Å². The number of hydrogen-bond donors (Lipinski definition) is 1. The van der Waals surface area contributed by atoms with Crippen LogP contribution in [0.1, 0.15) is 0 Å². The maximum absolute atomic E-state index is 5.24. The van der Waals surface area contributed by atoms with E-state index in [1.165, 1.54) is 0 Å². The molecule has 0 amide bonds. The zero-order valence-corrected chi connectivity index (χ0v) is 7.00. The summed E-state index contributed by atoms with van der Waals surface area (Å²) in [7, 11) is 3.26. The van der Waals surface area contributed by atoms with Gasteiger partial charge in [-0.15, -0.1) is 0 Å². The van der Waals surface area contributed by atoms with Gasteiger partial charge in [-0.2, -0.15) is 0 Å². The second-order valence-corrected chi connectivity index (χ2v) is 2.48. The molecule has 0 saturated carbocycles. The van der Waals surface area contributed by atoms with E-state index in [0.29, 0.717) is 6.61 Å². The molecule has 0 aromatic carbocycles. The van der Waals surface area contributed by atoms with Crippen molar-refractivity contribution >= 4 is 0 Å². The molecule has 0 aliphatic carbocycles. The average molecular weight is 161 g/mol. The second-order valence-electron chi connectivity index (χ2n) is 2.48. The van der Waals surface area contributed by atoms with E-state index in [9.17, 15) is 0 Å². The number of hydrogen-bond acceptors (Lipinski definition) is 4. The summed E-state index contributed by atoms with van der Waals surface area (Å²) in [5.41, 5.74) is 0. The number of morpholine rings is 1. The minimum absolute atomic E-state index is 0.166. The van der Waals surface area contributed by atoms with Crippen LogP contribution in [0.2, 0.25) is 0 Å². The maximum atomic E-state index is 5.24. The number of methoxy groups -OCH3 is 2. The monoisotopic (exact) mass is 161 g/mol. The number of nitrogens with one attached hydrogen (secondary N) is 1. The van der Waals surface area contributed by atoms with E-state index in [1.54, 1.807) is 14.2 Å². The van der Waals surface area contributed by atoms with Crippen LogP contribution < -0.4 is 5.32 Å². The van der Waals surface area contributed by atoms with E-state index in [-0.39, 0.29) is 12.3 Å². The van der Waals surface area contributed by atoms with E-state index >= 15 is 0 Å². The van der Waals surface area contributed by atoms with Crippen LogP contribution in [0.4, 0.5) is 0 Å². The lowest BCUT2D eigenvalue weighted by Crippen LogP contribution is -2.50. The summed E-state index contributed by atoms with van der Waals surface area (Å²) < 4.78 is 15.4. The zero-order valence-electron chi connectivity index (χ0n) is 7.00. The third-order valence-electron chi connectivity index (χ3n) is 1.74. The van der Waals surface area contributed by atoms with Crippen molar-refractivity contribution in [2.45, 2.75) is 12.3 Å². The molecule has 1 fully saturated rings. The Morgan fingerprint density at radius 3 is 2.64 bits per heavy atom. The van der Waals surface area contributed by atoms with Crippen molar-refractivity contribution in [3.05, 3.63) is 0 Å². The highest BCUT2D eigenvalue weighted by molar-refractivity contribution is 4.73. The predicted molar refractivity (Wildman–Crippen MR) is 40.4 cm³/mol. The molecular weight excluding hydrogens is 146 g/mol. The van der Waals surface area contributed by atoms with Gasteiger partial charge < -0.3 is 19.5 Å². The van der Waals surface area contributed by atoms with Crippen molar-refractivity contribution in [2.24, 2.45) is 0 Å². The molecule has 4 nitrogen and oxygen atoms in total. The van der Waals surface area contributed by atoms with Crippen molar-refractivity contribution in [3.8, 4) is 0 Å². The SMILES string of the molecule is COC(OC)C1COCCN1. The van der Waals surface area contributed by atoms with Crippen LogP contribution in [-0.4, -0.2) is 46.3 Å². The molecule has 0 radical (unpaired) electrons. The molecule has 4 heteroatoms. The Kier molecular flexibility index (Phi) is 3.79. The summed E-state index contributed by atoms with van der Waals surface area (Å²) in [6.07, 6.45) is -0.199. The highest BCUT2D eigenvalue weighted by Crippen LogP contribution is 2.02. The smallest absolute Gasteiger partial charge is 0.174 e. The normalized spacial score (nSPS) is 25.9. The molecule has 1 unspecified atom stereocenters. The summed E-state index contributed by atoms with van der Waals surface area (Å²) in [6, 6.07) is 0.166. The lowest BCUT2D eigenvalue weighted by atomic mass is 10.3. The molecule has 1 atom stereocenters. The fourth-order valence-corrected chi connectivity index (χ4v) is 1.19. The van der Waals surface area contributed by atoms with Crippen molar-refractivity contribution in [2.75, 3.05) is 34.0 Å². The van der Waals surface area contributed by atoms with Crippen LogP contribution in [-0.2, 0) is 14.2 Å². The summed E-state index contributed by atoms with van der Waals surface area (Å²) in [5.74, 6) is 0. The fraction of sp³-hybridized carbons (Fsp3) is 1.00. The van der Waals surface area contributed by atoms with Gasteiger partial charge in [-0.1, -0.05) is 0 Å². The largest absolute Gasteiger partial charge is 0.378 e. The van der Waals surface area contributed by atoms with Gasteiger partial charge in [-0.25, -0.2) is 0 Å². The second kappa shape index (κ2) is 4.66. The summed E-state index contributed by atoms with van der Waals surface area (Å²) in [4.78, 5) is 0. The first kappa shape index (κ1) is 8.93. The van der Waals surface area contributed by atoms with Crippen LogP contribution in [0, 0.1) is 0 Å². The van der Waals surface area contributed by atoms with Crippen LogP contribution in [0.25, 0.3) is 0 Å². The maximum Gasteiger partial charge on any atom is 0.174 e. The standard InChI is InChI=1S/C7H15NO3/c1-9-7(10-2)6-5-11-4-3-8-6/h6-8H,3-5H2,1-2H3. The minimum Gasteiger partial charge on any atom is -0.378 e. The lowest BCUT2D eigenvalue weighted by Gasteiger charge is -2.28. The van der Waals surface area contributed by atoms with E-state index in [4.69, 9.17) is 14.2 Å². The zero-order chi connectivity index (χ0) is 8.10. The van der Waals surface area contributed by atoms with Crippen molar-refractivity contribution in [3.63, 3.8) is 0 Å². The van der Waals surface area contributed by atoms with Gasteiger partial charge in [-0.3, -0.25) is 0 Å². The van der Waals surface area contributed by atoms with Gasteiger partial charge >= 0.3 is 0 Å². The van der Waals surface area contributed by atoms with Gasteiger partial charge in [0.05, 0.1) is 19.3 Å². The van der Waals surface area contributed by atoms with E-state index < -0.39 is 0 Å². The Morgan fingerprint density at radius 2 is 2.18 bits per heavy atom. The van der Waals surface area contributed by atoms with Crippen LogP contribution in [0.3, 0.4) is 0 Å².